The number of nitrogens with zero attached hydrogens (tertiary/aromatic N) is 2. The van der Waals surface area contributed by atoms with Gasteiger partial charge in [-0.2, -0.15) is 0 Å². The number of rotatable bonds is 7. The Kier molecular flexibility index (Phi) is 6.60. The number of methoxy groups -OCH3 is 2. The lowest BCUT2D eigenvalue weighted by molar-refractivity contribution is -0.130. The molecule has 0 unspecified atom stereocenters. The van der Waals surface area contributed by atoms with E-state index in [0.29, 0.717) is 19.1 Å². The molecule has 1 saturated heterocycles. The number of hydrogen-bond acceptors (Lipinski definition) is 4. The minimum atomic E-state index is 0.203. The van der Waals surface area contributed by atoms with Crippen LogP contribution in [0.25, 0.3) is 0 Å². The largest absolute Gasteiger partial charge is 0.383 e. The van der Waals surface area contributed by atoms with Gasteiger partial charge in [-0.25, -0.2) is 0 Å². The molecule has 106 valence electrons. The van der Waals surface area contributed by atoms with E-state index in [2.05, 4.69) is 4.90 Å². The van der Waals surface area contributed by atoms with Crippen molar-refractivity contribution in [2.24, 2.45) is 0 Å². The number of ether oxygens (including phenoxy) is 2. The summed E-state index contributed by atoms with van der Waals surface area (Å²) >= 11 is 0. The van der Waals surface area contributed by atoms with Crippen molar-refractivity contribution in [2.75, 3.05) is 47.5 Å². The fourth-order valence-corrected chi connectivity index (χ4v) is 2.35. The lowest BCUT2D eigenvalue weighted by Gasteiger charge is -2.24. The third kappa shape index (κ3) is 4.23. The van der Waals surface area contributed by atoms with Gasteiger partial charge < -0.3 is 14.4 Å². The van der Waals surface area contributed by atoms with Crippen LogP contribution in [0.3, 0.4) is 0 Å². The Labute approximate surface area is 110 Å². The molecular weight excluding hydrogens is 232 g/mol. The quantitative estimate of drug-likeness (QED) is 0.670. The van der Waals surface area contributed by atoms with E-state index in [1.54, 1.807) is 19.1 Å². The van der Waals surface area contributed by atoms with E-state index in [1.165, 1.54) is 0 Å². The maximum atomic E-state index is 11.8. The number of carbonyl (C=O) groups excluding carboxylic acids is 1. The Morgan fingerprint density at radius 1 is 1.44 bits per heavy atom. The SMILES string of the molecule is CCN(C)C(=O)CCN1C[C@@H](OC)C[C@H]1COC. The summed E-state index contributed by atoms with van der Waals surface area (Å²) in [6.45, 7) is 5.14. The molecule has 0 aromatic heterocycles. The van der Waals surface area contributed by atoms with Gasteiger partial charge >= 0.3 is 0 Å². The Bertz CT molecular complexity index is 261. The normalized spacial score (nSPS) is 24.4. The zero-order chi connectivity index (χ0) is 13.5. The molecule has 0 spiro atoms. The van der Waals surface area contributed by atoms with Gasteiger partial charge in [-0.15, -0.1) is 0 Å². The van der Waals surface area contributed by atoms with E-state index in [9.17, 15) is 4.79 Å². The molecule has 1 amide bonds. The standard InChI is InChI=1S/C13H26N2O3/c1-5-14(2)13(16)6-7-15-9-12(18-4)8-11(15)10-17-3/h11-12H,5-10H2,1-4H3/t11-,12-/m0/s1. The maximum Gasteiger partial charge on any atom is 0.223 e. The Balaban J connectivity index is 2.41. The average Bonchev–Trinajstić information content (AvgIpc) is 2.78. The molecule has 1 rings (SSSR count). The van der Waals surface area contributed by atoms with Crippen molar-refractivity contribution < 1.29 is 14.3 Å². The van der Waals surface area contributed by atoms with Gasteiger partial charge in [0.1, 0.15) is 0 Å². The molecule has 0 aromatic rings. The van der Waals surface area contributed by atoms with Gasteiger partial charge in [0, 0.05) is 53.4 Å². The van der Waals surface area contributed by atoms with Crippen molar-refractivity contribution in [3.8, 4) is 0 Å². The fraction of sp³-hybridized carbons (Fsp3) is 0.923. The van der Waals surface area contributed by atoms with Gasteiger partial charge in [-0.3, -0.25) is 9.69 Å². The van der Waals surface area contributed by atoms with Gasteiger partial charge in [-0.05, 0) is 13.3 Å². The molecule has 2 atom stereocenters. The van der Waals surface area contributed by atoms with Crippen LogP contribution in [0.4, 0.5) is 0 Å². The first kappa shape index (κ1) is 15.4. The summed E-state index contributed by atoms with van der Waals surface area (Å²) in [5, 5.41) is 0. The summed E-state index contributed by atoms with van der Waals surface area (Å²) in [4.78, 5) is 15.8. The molecule has 5 heteroatoms. The molecule has 1 aliphatic rings. The smallest absolute Gasteiger partial charge is 0.223 e. The second kappa shape index (κ2) is 7.71. The van der Waals surface area contributed by atoms with Gasteiger partial charge in [0.25, 0.3) is 0 Å². The minimum Gasteiger partial charge on any atom is -0.383 e. The van der Waals surface area contributed by atoms with Crippen LogP contribution in [0.1, 0.15) is 19.8 Å². The van der Waals surface area contributed by atoms with Crippen LogP contribution in [-0.4, -0.2) is 75.4 Å². The van der Waals surface area contributed by atoms with Crippen LogP contribution in [0.5, 0.6) is 0 Å². The summed E-state index contributed by atoms with van der Waals surface area (Å²) in [5.74, 6) is 0.203. The van der Waals surface area contributed by atoms with Crippen molar-refractivity contribution in [3.05, 3.63) is 0 Å². The highest BCUT2D eigenvalue weighted by molar-refractivity contribution is 5.75. The Hall–Kier alpha value is -0.650. The number of carbonyl (C=O) groups is 1. The van der Waals surface area contributed by atoms with E-state index < -0.39 is 0 Å². The molecule has 1 heterocycles. The first-order valence-electron chi connectivity index (χ1n) is 6.62. The van der Waals surface area contributed by atoms with Gasteiger partial charge in [0.15, 0.2) is 0 Å². The first-order chi connectivity index (χ1) is 8.62. The van der Waals surface area contributed by atoms with E-state index >= 15 is 0 Å². The summed E-state index contributed by atoms with van der Waals surface area (Å²) in [5.41, 5.74) is 0. The van der Waals surface area contributed by atoms with Crippen molar-refractivity contribution in [2.45, 2.75) is 31.9 Å². The molecular formula is C13H26N2O3. The van der Waals surface area contributed by atoms with Gasteiger partial charge in [0.2, 0.25) is 5.91 Å². The third-order valence-electron chi connectivity index (χ3n) is 3.69. The molecule has 0 aromatic carbocycles. The highest BCUT2D eigenvalue weighted by atomic mass is 16.5. The molecule has 0 aliphatic carbocycles. The predicted octanol–water partition coefficient (Wildman–Crippen LogP) is 0.591. The van der Waals surface area contributed by atoms with Crippen molar-refractivity contribution in [1.29, 1.82) is 0 Å². The average molecular weight is 258 g/mol. The summed E-state index contributed by atoms with van der Waals surface area (Å²) in [6, 6.07) is 0.375. The molecule has 5 nitrogen and oxygen atoms in total. The van der Waals surface area contributed by atoms with Crippen molar-refractivity contribution in [1.82, 2.24) is 9.80 Å². The molecule has 0 bridgehead atoms. The zero-order valence-corrected chi connectivity index (χ0v) is 12.0. The highest BCUT2D eigenvalue weighted by Crippen LogP contribution is 2.20. The summed E-state index contributed by atoms with van der Waals surface area (Å²) in [7, 11) is 5.30. The summed E-state index contributed by atoms with van der Waals surface area (Å²) < 4.78 is 10.6. The highest BCUT2D eigenvalue weighted by Gasteiger charge is 2.32. The lowest BCUT2D eigenvalue weighted by atomic mass is 10.2. The van der Waals surface area contributed by atoms with Crippen LogP contribution in [0, 0.1) is 0 Å². The fourth-order valence-electron chi connectivity index (χ4n) is 2.35. The number of likely N-dealkylation sites (tertiary alicyclic amines) is 1. The second-order valence-corrected chi connectivity index (χ2v) is 4.86. The van der Waals surface area contributed by atoms with Crippen LogP contribution in [0.15, 0.2) is 0 Å². The third-order valence-corrected chi connectivity index (χ3v) is 3.69. The molecule has 0 saturated carbocycles. The van der Waals surface area contributed by atoms with E-state index in [0.717, 1.165) is 26.1 Å². The topological polar surface area (TPSA) is 42.0 Å². The molecule has 1 fully saturated rings. The molecule has 0 radical (unpaired) electrons. The van der Waals surface area contributed by atoms with Crippen LogP contribution >= 0.6 is 0 Å². The second-order valence-electron chi connectivity index (χ2n) is 4.86. The van der Waals surface area contributed by atoms with Gasteiger partial charge in [-0.1, -0.05) is 0 Å². The Morgan fingerprint density at radius 3 is 2.72 bits per heavy atom. The maximum absolute atomic E-state index is 11.8. The Morgan fingerprint density at radius 2 is 2.17 bits per heavy atom. The zero-order valence-electron chi connectivity index (χ0n) is 12.0. The first-order valence-corrected chi connectivity index (χ1v) is 6.62. The number of amides is 1. The van der Waals surface area contributed by atoms with Crippen LogP contribution in [0.2, 0.25) is 0 Å². The summed E-state index contributed by atoms with van der Waals surface area (Å²) in [6.07, 6.45) is 1.83. The predicted molar refractivity (Wildman–Crippen MR) is 70.6 cm³/mol. The van der Waals surface area contributed by atoms with E-state index in [4.69, 9.17) is 9.47 Å². The van der Waals surface area contributed by atoms with Crippen molar-refractivity contribution in [3.63, 3.8) is 0 Å². The molecule has 1 aliphatic heterocycles. The molecule has 0 N–H and O–H groups in total. The van der Waals surface area contributed by atoms with Crippen LogP contribution < -0.4 is 0 Å². The molecule has 18 heavy (non-hydrogen) atoms. The van der Waals surface area contributed by atoms with Gasteiger partial charge in [0.05, 0.1) is 12.7 Å². The lowest BCUT2D eigenvalue weighted by Crippen LogP contribution is -2.37. The van der Waals surface area contributed by atoms with E-state index in [-0.39, 0.29) is 12.0 Å². The van der Waals surface area contributed by atoms with Crippen LogP contribution in [-0.2, 0) is 14.3 Å². The van der Waals surface area contributed by atoms with Crippen molar-refractivity contribution >= 4 is 5.91 Å². The monoisotopic (exact) mass is 258 g/mol. The minimum absolute atomic E-state index is 0.203. The van der Waals surface area contributed by atoms with E-state index in [1.807, 2.05) is 14.0 Å². The number of hydrogen-bond donors (Lipinski definition) is 0.